The lowest BCUT2D eigenvalue weighted by Gasteiger charge is -2.28. The van der Waals surface area contributed by atoms with E-state index in [9.17, 15) is 4.79 Å². The normalized spacial score (nSPS) is 20.4. The molecule has 1 amide bonds. The van der Waals surface area contributed by atoms with Gasteiger partial charge in [-0.3, -0.25) is 4.79 Å². The molecule has 2 aromatic rings. The van der Waals surface area contributed by atoms with Gasteiger partial charge in [0.2, 0.25) is 11.8 Å². The third-order valence-corrected chi connectivity index (χ3v) is 4.65. The second-order valence-corrected chi connectivity index (χ2v) is 6.63. The number of rotatable bonds is 6. The van der Waals surface area contributed by atoms with Gasteiger partial charge >= 0.3 is 0 Å². The molecule has 0 aliphatic heterocycles. The highest BCUT2D eigenvalue weighted by molar-refractivity contribution is 5.95. The van der Waals surface area contributed by atoms with E-state index in [-0.39, 0.29) is 5.91 Å². The van der Waals surface area contributed by atoms with E-state index >= 15 is 0 Å². The Morgan fingerprint density at radius 1 is 1.32 bits per heavy atom. The average Bonchev–Trinajstić information content (AvgIpc) is 3.06. The van der Waals surface area contributed by atoms with Crippen LogP contribution in [0.25, 0.3) is 11.5 Å². The number of carbonyl (C=O) groups excluding carboxylic acids is 1. The first-order valence-electron chi connectivity index (χ1n) is 8.94. The number of amides is 1. The molecule has 134 valence electrons. The molecule has 0 unspecified atom stereocenters. The Morgan fingerprint density at radius 2 is 2.16 bits per heavy atom. The first-order valence-corrected chi connectivity index (χ1v) is 8.94. The van der Waals surface area contributed by atoms with Gasteiger partial charge in [-0.1, -0.05) is 25.8 Å². The summed E-state index contributed by atoms with van der Waals surface area (Å²) in [6, 6.07) is 7.18. The van der Waals surface area contributed by atoms with Gasteiger partial charge in [0.1, 0.15) is 0 Å². The molecule has 1 fully saturated rings. The van der Waals surface area contributed by atoms with Crippen molar-refractivity contribution in [1.82, 2.24) is 15.5 Å². The van der Waals surface area contributed by atoms with Crippen LogP contribution in [0.15, 0.2) is 28.7 Å². The summed E-state index contributed by atoms with van der Waals surface area (Å²) in [5, 5.41) is 10.7. The van der Waals surface area contributed by atoms with Gasteiger partial charge in [0.25, 0.3) is 5.91 Å². The van der Waals surface area contributed by atoms with Crippen molar-refractivity contribution in [2.75, 3.05) is 13.2 Å². The zero-order valence-corrected chi connectivity index (χ0v) is 14.8. The molecule has 1 heterocycles. The van der Waals surface area contributed by atoms with Crippen LogP contribution in [0, 0.1) is 12.8 Å². The minimum atomic E-state index is -0.127. The highest BCUT2D eigenvalue weighted by atomic mass is 16.5. The zero-order chi connectivity index (χ0) is 17.6. The summed E-state index contributed by atoms with van der Waals surface area (Å²) >= 11 is 0. The molecular formula is C19H25N3O3. The van der Waals surface area contributed by atoms with Crippen molar-refractivity contribution in [3.8, 4) is 11.5 Å². The number of nitrogens with one attached hydrogen (secondary N) is 1. The summed E-state index contributed by atoms with van der Waals surface area (Å²) in [6.07, 6.45) is 5.23. The Balaban J connectivity index is 1.50. The molecule has 6 nitrogen and oxygen atoms in total. The maximum atomic E-state index is 12.3. The van der Waals surface area contributed by atoms with Crippen LogP contribution in [0.3, 0.4) is 0 Å². The van der Waals surface area contributed by atoms with Crippen LogP contribution in [-0.4, -0.2) is 35.4 Å². The van der Waals surface area contributed by atoms with Crippen molar-refractivity contribution >= 4 is 5.91 Å². The van der Waals surface area contributed by atoms with Crippen LogP contribution in [0.5, 0.6) is 0 Å². The van der Waals surface area contributed by atoms with Crippen molar-refractivity contribution in [1.29, 1.82) is 0 Å². The number of aryl methyl sites for hydroxylation is 1. The molecule has 1 aromatic heterocycles. The standard InChI is InChI=1S/C19H25N3O3/c1-13-6-3-4-9-17(13)24-11-10-20-18(23)15-7-5-8-16(12-15)19-22-21-14(2)25-19/h5,7-8,12-13,17H,3-4,6,9-11H2,1-2H3,(H,20,23)/t13-,17+/m0/s1. The molecule has 1 saturated carbocycles. The molecule has 1 N–H and O–H groups in total. The summed E-state index contributed by atoms with van der Waals surface area (Å²) in [5.74, 6) is 1.40. The van der Waals surface area contributed by atoms with E-state index in [1.807, 2.05) is 12.1 Å². The highest BCUT2D eigenvalue weighted by Gasteiger charge is 2.21. The van der Waals surface area contributed by atoms with Gasteiger partial charge < -0.3 is 14.5 Å². The molecule has 0 radical (unpaired) electrons. The van der Waals surface area contributed by atoms with E-state index in [4.69, 9.17) is 9.15 Å². The Labute approximate surface area is 148 Å². The lowest BCUT2D eigenvalue weighted by molar-refractivity contribution is -0.00293. The minimum Gasteiger partial charge on any atom is -0.421 e. The zero-order valence-electron chi connectivity index (χ0n) is 14.8. The molecule has 0 bridgehead atoms. The summed E-state index contributed by atoms with van der Waals surface area (Å²) in [4.78, 5) is 12.3. The highest BCUT2D eigenvalue weighted by Crippen LogP contribution is 2.26. The molecule has 1 aromatic carbocycles. The van der Waals surface area contributed by atoms with Crippen LogP contribution in [0.1, 0.15) is 48.9 Å². The van der Waals surface area contributed by atoms with Gasteiger partial charge in [-0.05, 0) is 37.0 Å². The lowest BCUT2D eigenvalue weighted by Crippen LogP contribution is -2.31. The van der Waals surface area contributed by atoms with Crippen LogP contribution in [-0.2, 0) is 4.74 Å². The number of ether oxygens (including phenoxy) is 1. The van der Waals surface area contributed by atoms with Gasteiger partial charge in [0, 0.05) is 24.6 Å². The number of carbonyl (C=O) groups is 1. The monoisotopic (exact) mass is 343 g/mol. The van der Waals surface area contributed by atoms with E-state index in [0.717, 1.165) is 12.0 Å². The van der Waals surface area contributed by atoms with Gasteiger partial charge in [-0.15, -0.1) is 10.2 Å². The fraction of sp³-hybridized carbons (Fsp3) is 0.526. The van der Waals surface area contributed by atoms with Crippen LogP contribution >= 0.6 is 0 Å². The Morgan fingerprint density at radius 3 is 2.92 bits per heavy atom. The van der Waals surface area contributed by atoms with E-state index in [2.05, 4.69) is 22.4 Å². The largest absolute Gasteiger partial charge is 0.421 e. The quantitative estimate of drug-likeness (QED) is 0.814. The van der Waals surface area contributed by atoms with Gasteiger partial charge in [0.05, 0.1) is 12.7 Å². The van der Waals surface area contributed by atoms with Crippen molar-refractivity contribution in [2.24, 2.45) is 5.92 Å². The summed E-state index contributed by atoms with van der Waals surface area (Å²) in [7, 11) is 0. The topological polar surface area (TPSA) is 77.2 Å². The molecule has 3 rings (SSSR count). The molecule has 2 atom stereocenters. The fourth-order valence-corrected chi connectivity index (χ4v) is 3.21. The van der Waals surface area contributed by atoms with Gasteiger partial charge in [-0.25, -0.2) is 0 Å². The van der Waals surface area contributed by atoms with Crippen molar-refractivity contribution in [3.05, 3.63) is 35.7 Å². The molecule has 1 aliphatic rings. The van der Waals surface area contributed by atoms with Gasteiger partial charge in [0.15, 0.2) is 0 Å². The summed E-state index contributed by atoms with van der Waals surface area (Å²) in [6.45, 7) is 5.03. The second-order valence-electron chi connectivity index (χ2n) is 6.63. The Kier molecular flexibility index (Phi) is 5.81. The van der Waals surface area contributed by atoms with Crippen LogP contribution in [0.2, 0.25) is 0 Å². The minimum absolute atomic E-state index is 0.127. The maximum Gasteiger partial charge on any atom is 0.251 e. The third kappa shape index (κ3) is 4.66. The number of benzene rings is 1. The van der Waals surface area contributed by atoms with E-state index in [1.165, 1.54) is 19.3 Å². The first-order chi connectivity index (χ1) is 12.1. The van der Waals surface area contributed by atoms with Crippen molar-refractivity contribution in [2.45, 2.75) is 45.6 Å². The fourth-order valence-electron chi connectivity index (χ4n) is 3.21. The van der Waals surface area contributed by atoms with E-state index in [1.54, 1.807) is 19.1 Å². The molecule has 1 aliphatic carbocycles. The molecule has 0 saturated heterocycles. The van der Waals surface area contributed by atoms with Crippen molar-refractivity contribution in [3.63, 3.8) is 0 Å². The third-order valence-electron chi connectivity index (χ3n) is 4.65. The maximum absolute atomic E-state index is 12.3. The lowest BCUT2D eigenvalue weighted by atomic mass is 9.88. The number of hydrogen-bond acceptors (Lipinski definition) is 5. The molecule has 25 heavy (non-hydrogen) atoms. The van der Waals surface area contributed by atoms with Crippen LogP contribution in [0.4, 0.5) is 0 Å². The Hall–Kier alpha value is -2.21. The number of aromatic nitrogens is 2. The van der Waals surface area contributed by atoms with Gasteiger partial charge in [-0.2, -0.15) is 0 Å². The molecular weight excluding hydrogens is 318 g/mol. The number of nitrogens with zero attached hydrogens (tertiary/aromatic N) is 2. The SMILES string of the molecule is Cc1nnc(-c2cccc(C(=O)NCCO[C@@H]3CCCC[C@@H]3C)c2)o1. The molecule has 0 spiro atoms. The number of hydrogen-bond donors (Lipinski definition) is 1. The molecule has 6 heteroatoms. The van der Waals surface area contributed by atoms with Crippen LogP contribution < -0.4 is 5.32 Å². The average molecular weight is 343 g/mol. The van der Waals surface area contributed by atoms with Crippen molar-refractivity contribution < 1.29 is 13.9 Å². The smallest absolute Gasteiger partial charge is 0.251 e. The van der Waals surface area contributed by atoms with E-state index < -0.39 is 0 Å². The first kappa shape index (κ1) is 17.6. The Bertz CT molecular complexity index is 713. The second kappa shape index (κ2) is 8.25. The predicted octanol–water partition coefficient (Wildman–Crippen LogP) is 3.37. The predicted molar refractivity (Wildman–Crippen MR) is 94.2 cm³/mol. The summed E-state index contributed by atoms with van der Waals surface area (Å²) in [5.41, 5.74) is 1.31. The summed E-state index contributed by atoms with van der Waals surface area (Å²) < 4.78 is 11.3. The van der Waals surface area contributed by atoms with E-state index in [0.29, 0.717) is 42.5 Å².